The molecule has 0 fully saturated rings. The van der Waals surface area contributed by atoms with Crippen LogP contribution in [0.2, 0.25) is 0 Å². The number of imidazole rings is 1. The molecule has 0 atom stereocenters. The molecule has 0 aliphatic carbocycles. The van der Waals surface area contributed by atoms with Crippen molar-refractivity contribution in [2.24, 2.45) is 0 Å². The zero-order valence-corrected chi connectivity index (χ0v) is 13.6. The fourth-order valence-electron chi connectivity index (χ4n) is 3.08. The molecule has 0 unspecified atom stereocenters. The third-order valence-electron chi connectivity index (χ3n) is 4.20. The van der Waals surface area contributed by atoms with Gasteiger partial charge in [0.05, 0.1) is 15.6 Å². The maximum atomic E-state index is 13.7. The Hall–Kier alpha value is -3.12. The minimum absolute atomic E-state index is 0.178. The van der Waals surface area contributed by atoms with Crippen LogP contribution in [0.15, 0.2) is 66.0 Å². The SMILES string of the molecule is O=c1c2cc(F)ccc2sc2c(-n3ccnc3)nc3ccccc3c12. The number of pyridine rings is 1. The van der Waals surface area contributed by atoms with E-state index in [-0.39, 0.29) is 5.43 Å². The first-order valence-electron chi connectivity index (χ1n) is 7.65. The molecule has 0 spiro atoms. The van der Waals surface area contributed by atoms with Gasteiger partial charge in [-0.05, 0) is 24.3 Å². The Labute approximate surface area is 144 Å². The highest BCUT2D eigenvalue weighted by atomic mass is 32.1. The quantitative estimate of drug-likeness (QED) is 0.336. The van der Waals surface area contributed by atoms with Gasteiger partial charge >= 0.3 is 0 Å². The molecule has 5 aromatic rings. The van der Waals surface area contributed by atoms with E-state index in [1.54, 1.807) is 29.4 Å². The number of aromatic nitrogens is 3. The lowest BCUT2D eigenvalue weighted by molar-refractivity contribution is 0.630. The topological polar surface area (TPSA) is 47.8 Å². The second-order valence-electron chi connectivity index (χ2n) is 5.70. The monoisotopic (exact) mass is 347 g/mol. The van der Waals surface area contributed by atoms with Crippen molar-refractivity contribution in [1.29, 1.82) is 0 Å². The van der Waals surface area contributed by atoms with Crippen molar-refractivity contribution in [2.75, 3.05) is 0 Å². The Morgan fingerprint density at radius 2 is 1.96 bits per heavy atom. The van der Waals surface area contributed by atoms with Crippen LogP contribution in [0.3, 0.4) is 0 Å². The van der Waals surface area contributed by atoms with Crippen molar-refractivity contribution in [3.8, 4) is 5.82 Å². The number of rotatable bonds is 1. The summed E-state index contributed by atoms with van der Waals surface area (Å²) in [6.45, 7) is 0. The van der Waals surface area contributed by atoms with E-state index < -0.39 is 5.82 Å². The molecule has 5 rings (SSSR count). The van der Waals surface area contributed by atoms with Crippen LogP contribution in [-0.4, -0.2) is 14.5 Å². The molecule has 0 saturated carbocycles. The summed E-state index contributed by atoms with van der Waals surface area (Å²) in [6, 6.07) is 11.8. The number of benzene rings is 2. The largest absolute Gasteiger partial charge is 0.289 e. The summed E-state index contributed by atoms with van der Waals surface area (Å²) in [5.41, 5.74) is 0.543. The molecule has 0 saturated heterocycles. The van der Waals surface area contributed by atoms with E-state index in [4.69, 9.17) is 4.98 Å². The molecule has 0 N–H and O–H groups in total. The molecule has 0 amide bonds. The Bertz CT molecular complexity index is 1330. The normalized spacial score (nSPS) is 11.6. The Morgan fingerprint density at radius 3 is 2.80 bits per heavy atom. The molecule has 0 aliphatic heterocycles. The molecule has 3 aromatic heterocycles. The van der Waals surface area contributed by atoms with Crippen LogP contribution in [0, 0.1) is 5.82 Å². The maximum Gasteiger partial charge on any atom is 0.196 e. The van der Waals surface area contributed by atoms with Crippen molar-refractivity contribution in [2.45, 2.75) is 0 Å². The van der Waals surface area contributed by atoms with Crippen molar-refractivity contribution in [1.82, 2.24) is 14.5 Å². The average Bonchev–Trinajstić information content (AvgIpc) is 3.16. The van der Waals surface area contributed by atoms with E-state index in [9.17, 15) is 9.18 Å². The zero-order chi connectivity index (χ0) is 17.0. The van der Waals surface area contributed by atoms with Gasteiger partial charge in [-0.1, -0.05) is 18.2 Å². The summed E-state index contributed by atoms with van der Waals surface area (Å²) in [4.78, 5) is 22.0. The standard InChI is InChI=1S/C19H10FN3OS/c20-11-5-6-15-13(9-11)17(24)16-12-3-1-2-4-14(12)22-19(18(16)25-15)23-8-7-21-10-23/h1-10H. The fourth-order valence-corrected chi connectivity index (χ4v) is 4.24. The van der Waals surface area contributed by atoms with Gasteiger partial charge in [0.15, 0.2) is 11.2 Å². The first-order chi connectivity index (χ1) is 12.2. The predicted molar refractivity (Wildman–Crippen MR) is 98.0 cm³/mol. The van der Waals surface area contributed by atoms with Crippen LogP contribution in [0.1, 0.15) is 0 Å². The molecule has 0 aliphatic rings. The maximum absolute atomic E-state index is 13.7. The van der Waals surface area contributed by atoms with E-state index in [0.717, 1.165) is 20.3 Å². The van der Waals surface area contributed by atoms with E-state index in [2.05, 4.69) is 4.98 Å². The molecule has 3 heterocycles. The Kier molecular flexibility index (Phi) is 2.96. The summed E-state index contributed by atoms with van der Waals surface area (Å²) in [5.74, 6) is 0.240. The van der Waals surface area contributed by atoms with Crippen LogP contribution in [0.4, 0.5) is 4.39 Å². The first kappa shape index (κ1) is 14.2. The highest BCUT2D eigenvalue weighted by Crippen LogP contribution is 2.33. The van der Waals surface area contributed by atoms with E-state index in [0.29, 0.717) is 16.6 Å². The van der Waals surface area contributed by atoms with Gasteiger partial charge in [0.2, 0.25) is 0 Å². The number of hydrogen-bond donors (Lipinski definition) is 0. The fraction of sp³-hybridized carbons (Fsp3) is 0. The third kappa shape index (κ3) is 2.08. The second kappa shape index (κ2) is 5.19. The van der Waals surface area contributed by atoms with Crippen molar-refractivity contribution < 1.29 is 4.39 Å². The van der Waals surface area contributed by atoms with Gasteiger partial charge in [0, 0.05) is 27.9 Å². The molecule has 6 heteroatoms. The van der Waals surface area contributed by atoms with Crippen LogP contribution < -0.4 is 5.43 Å². The van der Waals surface area contributed by atoms with Gasteiger partial charge in [0.1, 0.15) is 12.1 Å². The van der Waals surface area contributed by atoms with E-state index >= 15 is 0 Å². The van der Waals surface area contributed by atoms with Crippen LogP contribution in [0.5, 0.6) is 0 Å². The minimum Gasteiger partial charge on any atom is -0.289 e. The zero-order valence-electron chi connectivity index (χ0n) is 12.8. The molecule has 2 aromatic carbocycles. The second-order valence-corrected chi connectivity index (χ2v) is 6.75. The third-order valence-corrected chi connectivity index (χ3v) is 5.37. The van der Waals surface area contributed by atoms with Gasteiger partial charge < -0.3 is 0 Å². The van der Waals surface area contributed by atoms with Gasteiger partial charge in [-0.3, -0.25) is 9.36 Å². The van der Waals surface area contributed by atoms with Crippen molar-refractivity contribution in [3.05, 3.63) is 77.2 Å². The highest BCUT2D eigenvalue weighted by molar-refractivity contribution is 7.25. The van der Waals surface area contributed by atoms with E-state index in [1.807, 2.05) is 24.3 Å². The lowest BCUT2D eigenvalue weighted by Crippen LogP contribution is -2.06. The average molecular weight is 347 g/mol. The van der Waals surface area contributed by atoms with Crippen LogP contribution in [0.25, 0.3) is 36.9 Å². The molecule has 120 valence electrons. The summed E-state index contributed by atoms with van der Waals surface area (Å²) < 4.78 is 17.0. The number of para-hydroxylation sites is 1. The van der Waals surface area contributed by atoms with E-state index in [1.165, 1.54) is 23.5 Å². The molecule has 0 radical (unpaired) electrons. The molecule has 0 bridgehead atoms. The van der Waals surface area contributed by atoms with Crippen molar-refractivity contribution >= 4 is 42.4 Å². The summed E-state index contributed by atoms with van der Waals surface area (Å²) in [6.07, 6.45) is 5.12. The Morgan fingerprint density at radius 1 is 1.08 bits per heavy atom. The predicted octanol–water partition coefficient (Wildman–Crippen LogP) is 4.29. The summed E-state index contributed by atoms with van der Waals surface area (Å²) in [5, 5.41) is 1.73. The molecular weight excluding hydrogens is 337 g/mol. The number of nitrogens with zero attached hydrogens (tertiary/aromatic N) is 3. The summed E-state index contributed by atoms with van der Waals surface area (Å²) in [7, 11) is 0. The van der Waals surface area contributed by atoms with Crippen LogP contribution >= 0.6 is 11.3 Å². The number of halogens is 1. The highest BCUT2D eigenvalue weighted by Gasteiger charge is 2.16. The Balaban J connectivity index is 2.09. The molecular formula is C19H10FN3OS. The number of hydrogen-bond acceptors (Lipinski definition) is 4. The molecule has 25 heavy (non-hydrogen) atoms. The lowest BCUT2D eigenvalue weighted by atomic mass is 10.1. The minimum atomic E-state index is -0.413. The van der Waals surface area contributed by atoms with Gasteiger partial charge in [-0.15, -0.1) is 11.3 Å². The number of fused-ring (bicyclic) bond motifs is 4. The van der Waals surface area contributed by atoms with Gasteiger partial charge in [-0.25, -0.2) is 14.4 Å². The summed E-state index contributed by atoms with van der Waals surface area (Å²) >= 11 is 1.44. The van der Waals surface area contributed by atoms with Gasteiger partial charge in [-0.2, -0.15) is 0 Å². The smallest absolute Gasteiger partial charge is 0.196 e. The lowest BCUT2D eigenvalue weighted by Gasteiger charge is -2.10. The molecule has 4 nitrogen and oxygen atoms in total. The van der Waals surface area contributed by atoms with Gasteiger partial charge in [0.25, 0.3) is 0 Å². The van der Waals surface area contributed by atoms with Crippen molar-refractivity contribution in [3.63, 3.8) is 0 Å². The van der Waals surface area contributed by atoms with Crippen LogP contribution in [-0.2, 0) is 0 Å². The first-order valence-corrected chi connectivity index (χ1v) is 8.47.